The van der Waals surface area contributed by atoms with Gasteiger partial charge in [-0.3, -0.25) is 19.5 Å². The number of non-ortho nitro benzene ring substituents is 1. The third kappa shape index (κ3) is 4.19. The van der Waals surface area contributed by atoms with Gasteiger partial charge in [0.15, 0.2) is 5.16 Å². The Bertz CT molecular complexity index is 713. The van der Waals surface area contributed by atoms with Gasteiger partial charge in [-0.2, -0.15) is 0 Å². The van der Waals surface area contributed by atoms with Gasteiger partial charge in [-0.15, -0.1) is 10.2 Å². The Morgan fingerprint density at radius 3 is 2.61 bits per heavy atom. The van der Waals surface area contributed by atoms with Crippen LogP contribution in [0.2, 0.25) is 0 Å². The van der Waals surface area contributed by atoms with Crippen molar-refractivity contribution in [2.75, 3.05) is 16.8 Å². The van der Waals surface area contributed by atoms with Crippen LogP contribution in [-0.4, -0.2) is 31.3 Å². The van der Waals surface area contributed by atoms with Crippen LogP contribution in [0.1, 0.15) is 19.9 Å². The zero-order chi connectivity index (χ0) is 17.0. The van der Waals surface area contributed by atoms with Crippen molar-refractivity contribution in [2.24, 2.45) is 0 Å². The number of nitro benzene ring substituents is 1. The lowest BCUT2D eigenvalue weighted by molar-refractivity contribution is -0.384. The minimum absolute atomic E-state index is 0.0297. The number of nitrogens with two attached hydrogens (primary N) is 1. The van der Waals surface area contributed by atoms with Crippen LogP contribution in [0, 0.1) is 10.1 Å². The highest BCUT2D eigenvalue weighted by Crippen LogP contribution is 2.23. The average Bonchev–Trinajstić information content (AvgIpc) is 2.86. The average molecular weight is 336 g/mol. The quantitative estimate of drug-likeness (QED) is 0.469. The van der Waals surface area contributed by atoms with Crippen molar-refractivity contribution < 1.29 is 9.72 Å². The molecule has 9 nitrogen and oxygen atoms in total. The van der Waals surface area contributed by atoms with E-state index in [-0.39, 0.29) is 23.4 Å². The zero-order valence-corrected chi connectivity index (χ0v) is 13.4. The van der Waals surface area contributed by atoms with E-state index >= 15 is 0 Å². The molecule has 2 rings (SSSR count). The molecule has 1 aromatic carbocycles. The molecule has 0 aliphatic heterocycles. The lowest BCUT2D eigenvalue weighted by Crippen LogP contribution is -2.15. The molecule has 0 bridgehead atoms. The van der Waals surface area contributed by atoms with Crippen molar-refractivity contribution in [3.63, 3.8) is 0 Å². The van der Waals surface area contributed by atoms with E-state index in [2.05, 4.69) is 15.5 Å². The van der Waals surface area contributed by atoms with Crippen LogP contribution in [0.4, 0.5) is 17.3 Å². The molecule has 1 amide bonds. The number of aromatic nitrogens is 3. The molecule has 3 N–H and O–H groups in total. The lowest BCUT2D eigenvalue weighted by Gasteiger charge is -2.11. The van der Waals surface area contributed by atoms with Gasteiger partial charge in [0.1, 0.15) is 0 Å². The molecule has 0 radical (unpaired) electrons. The van der Waals surface area contributed by atoms with Crippen molar-refractivity contribution in [1.82, 2.24) is 14.8 Å². The molecule has 1 aromatic heterocycles. The summed E-state index contributed by atoms with van der Waals surface area (Å²) in [5.41, 5.74) is 6.19. The number of anilines is 2. The molecular weight excluding hydrogens is 320 g/mol. The Kier molecular flexibility index (Phi) is 5.16. The van der Waals surface area contributed by atoms with Crippen LogP contribution < -0.4 is 11.1 Å². The number of nitrogen functional groups attached to an aromatic ring is 1. The first-order valence-corrected chi connectivity index (χ1v) is 7.74. The van der Waals surface area contributed by atoms with E-state index in [1.807, 2.05) is 13.8 Å². The monoisotopic (exact) mass is 336 g/mol. The molecule has 0 spiro atoms. The third-order valence-electron chi connectivity index (χ3n) is 2.90. The molecular formula is C13H16N6O3S. The Hall–Kier alpha value is -2.62. The van der Waals surface area contributed by atoms with Crippen molar-refractivity contribution >= 4 is 35.0 Å². The fourth-order valence-electron chi connectivity index (χ4n) is 1.87. The van der Waals surface area contributed by atoms with Crippen LogP contribution in [0.5, 0.6) is 0 Å². The van der Waals surface area contributed by atoms with E-state index in [0.717, 1.165) is 0 Å². The number of nitrogens with zero attached hydrogens (tertiary/aromatic N) is 4. The lowest BCUT2D eigenvalue weighted by atomic mass is 10.3. The van der Waals surface area contributed by atoms with Crippen LogP contribution in [0.3, 0.4) is 0 Å². The Morgan fingerprint density at radius 2 is 2.04 bits per heavy atom. The number of thioether (sulfide) groups is 1. The summed E-state index contributed by atoms with van der Waals surface area (Å²) in [5.74, 6) is 0.181. The summed E-state index contributed by atoms with van der Waals surface area (Å²) < 4.78 is 1.74. The van der Waals surface area contributed by atoms with Crippen molar-refractivity contribution in [1.29, 1.82) is 0 Å². The number of amides is 1. The molecule has 10 heteroatoms. The maximum atomic E-state index is 11.9. The minimum atomic E-state index is -0.495. The van der Waals surface area contributed by atoms with Gasteiger partial charge in [0, 0.05) is 23.9 Å². The second-order valence-corrected chi connectivity index (χ2v) is 5.89. The van der Waals surface area contributed by atoms with Crippen LogP contribution in [0.15, 0.2) is 29.4 Å². The van der Waals surface area contributed by atoms with E-state index in [9.17, 15) is 14.9 Å². The Labute approximate surface area is 136 Å². The predicted octanol–water partition coefficient (Wildman–Crippen LogP) is 2.08. The zero-order valence-electron chi connectivity index (χ0n) is 12.6. The molecule has 0 atom stereocenters. The molecule has 122 valence electrons. The van der Waals surface area contributed by atoms with Gasteiger partial charge in [-0.1, -0.05) is 11.8 Å². The molecule has 0 aliphatic carbocycles. The summed E-state index contributed by atoms with van der Waals surface area (Å²) in [6.07, 6.45) is 0. The van der Waals surface area contributed by atoms with Gasteiger partial charge in [-0.05, 0) is 26.0 Å². The normalized spacial score (nSPS) is 10.7. The second-order valence-electron chi connectivity index (χ2n) is 4.95. The number of benzene rings is 1. The number of hydrogen-bond acceptors (Lipinski definition) is 7. The van der Waals surface area contributed by atoms with E-state index in [0.29, 0.717) is 16.8 Å². The van der Waals surface area contributed by atoms with Gasteiger partial charge in [0.2, 0.25) is 11.9 Å². The van der Waals surface area contributed by atoms with Crippen molar-refractivity contribution in [2.45, 2.75) is 25.0 Å². The highest BCUT2D eigenvalue weighted by atomic mass is 32.2. The molecule has 0 saturated carbocycles. The second kappa shape index (κ2) is 7.09. The largest absolute Gasteiger partial charge is 0.368 e. The van der Waals surface area contributed by atoms with Gasteiger partial charge in [-0.25, -0.2) is 0 Å². The summed E-state index contributed by atoms with van der Waals surface area (Å²) in [7, 11) is 0. The van der Waals surface area contributed by atoms with Gasteiger partial charge < -0.3 is 11.1 Å². The molecule has 0 saturated heterocycles. The summed E-state index contributed by atoms with van der Waals surface area (Å²) in [4.78, 5) is 22.0. The number of rotatable bonds is 6. The highest BCUT2D eigenvalue weighted by Gasteiger charge is 2.14. The van der Waals surface area contributed by atoms with Crippen molar-refractivity contribution in [3.05, 3.63) is 34.4 Å². The number of nitrogens with one attached hydrogen (secondary N) is 1. The topological polar surface area (TPSA) is 129 Å². The summed E-state index contributed by atoms with van der Waals surface area (Å²) >= 11 is 1.22. The molecule has 0 aliphatic rings. The first-order valence-electron chi connectivity index (χ1n) is 6.76. The molecule has 1 heterocycles. The van der Waals surface area contributed by atoms with E-state index in [4.69, 9.17) is 5.73 Å². The summed E-state index contributed by atoms with van der Waals surface area (Å²) in [6, 6.07) is 5.72. The standard InChI is InChI=1S/C13H16N6O3S/c1-8(2)18-12(14)16-17-13(18)23-7-11(20)15-9-3-5-10(6-4-9)19(21)22/h3-6,8H,7H2,1-2H3,(H2,14,16)(H,15,20). The number of hydrogen-bond donors (Lipinski definition) is 2. The van der Waals surface area contributed by atoms with Crippen molar-refractivity contribution in [3.8, 4) is 0 Å². The third-order valence-corrected chi connectivity index (χ3v) is 3.84. The van der Waals surface area contributed by atoms with E-state index in [1.54, 1.807) is 4.57 Å². The van der Waals surface area contributed by atoms with Gasteiger partial charge >= 0.3 is 0 Å². The molecule has 2 aromatic rings. The minimum Gasteiger partial charge on any atom is -0.368 e. The Morgan fingerprint density at radius 1 is 1.39 bits per heavy atom. The first-order chi connectivity index (χ1) is 10.9. The summed E-state index contributed by atoms with van der Waals surface area (Å²) in [5, 5.41) is 21.5. The fraction of sp³-hybridized carbons (Fsp3) is 0.308. The highest BCUT2D eigenvalue weighted by molar-refractivity contribution is 7.99. The van der Waals surface area contributed by atoms with E-state index < -0.39 is 4.92 Å². The summed E-state index contributed by atoms with van der Waals surface area (Å²) in [6.45, 7) is 3.89. The maximum absolute atomic E-state index is 11.9. The first kappa shape index (κ1) is 16.7. The van der Waals surface area contributed by atoms with Crippen LogP contribution >= 0.6 is 11.8 Å². The molecule has 0 fully saturated rings. The number of carbonyl (C=O) groups is 1. The van der Waals surface area contributed by atoms with E-state index in [1.165, 1.54) is 36.0 Å². The van der Waals surface area contributed by atoms with Gasteiger partial charge in [0.25, 0.3) is 5.69 Å². The smallest absolute Gasteiger partial charge is 0.269 e. The number of nitro groups is 1. The Balaban J connectivity index is 1.94. The number of carbonyl (C=O) groups excluding carboxylic acids is 1. The SMILES string of the molecule is CC(C)n1c(N)nnc1SCC(=O)Nc1ccc([N+](=O)[O-])cc1. The fourth-order valence-corrected chi connectivity index (χ4v) is 2.74. The predicted molar refractivity (Wildman–Crippen MR) is 87.3 cm³/mol. The van der Waals surface area contributed by atoms with Crippen LogP contribution in [0.25, 0.3) is 0 Å². The maximum Gasteiger partial charge on any atom is 0.269 e. The molecule has 23 heavy (non-hydrogen) atoms. The van der Waals surface area contributed by atoms with Crippen LogP contribution in [-0.2, 0) is 4.79 Å². The molecule has 0 unspecified atom stereocenters. The van der Waals surface area contributed by atoms with Gasteiger partial charge in [0.05, 0.1) is 10.7 Å².